The van der Waals surface area contributed by atoms with Gasteiger partial charge in [-0.25, -0.2) is 8.42 Å². The number of nitrogens with one attached hydrogen (secondary N) is 1. The van der Waals surface area contributed by atoms with Crippen molar-refractivity contribution >= 4 is 21.9 Å². The summed E-state index contributed by atoms with van der Waals surface area (Å²) in [5, 5.41) is 1.65. The van der Waals surface area contributed by atoms with Crippen molar-refractivity contribution in [2.45, 2.75) is 56.2 Å². The molecule has 1 fully saturated rings. The van der Waals surface area contributed by atoms with Crippen LogP contribution in [-0.2, 0) is 30.8 Å². The molecule has 1 saturated heterocycles. The zero-order chi connectivity index (χ0) is 22.4. The quantitative estimate of drug-likeness (QED) is 0.614. The van der Waals surface area contributed by atoms with Crippen LogP contribution in [0.4, 0.5) is 13.2 Å². The Hall–Kier alpha value is -2.14. The maximum absolute atomic E-state index is 12.6. The lowest BCUT2D eigenvalue weighted by atomic mass is 10.1. The number of hydrogen-bond acceptors (Lipinski definition) is 5. The van der Waals surface area contributed by atoms with Gasteiger partial charge in [-0.15, -0.1) is 0 Å². The van der Waals surface area contributed by atoms with E-state index in [9.17, 15) is 31.2 Å². The van der Waals surface area contributed by atoms with Crippen molar-refractivity contribution in [1.29, 1.82) is 0 Å². The number of benzene rings is 1. The number of piperidine rings is 1. The van der Waals surface area contributed by atoms with Crippen LogP contribution < -0.4 is 5.32 Å². The smallest absolute Gasteiger partial charge is 0.405 e. The van der Waals surface area contributed by atoms with E-state index >= 15 is 0 Å². The third kappa shape index (κ3) is 7.28. The van der Waals surface area contributed by atoms with Crippen LogP contribution in [0.2, 0.25) is 0 Å². The number of sulfonamides is 1. The maximum atomic E-state index is 12.6. The molecule has 168 valence electrons. The molecule has 0 radical (unpaired) electrons. The van der Waals surface area contributed by atoms with Crippen molar-refractivity contribution in [3.63, 3.8) is 0 Å². The molecule has 1 N–H and O–H groups in total. The second-order valence-electron chi connectivity index (χ2n) is 7.07. The summed E-state index contributed by atoms with van der Waals surface area (Å²) in [5.74, 6) is -1.78. The normalized spacial score (nSPS) is 16.7. The van der Waals surface area contributed by atoms with Crippen LogP contribution in [0.15, 0.2) is 29.2 Å². The zero-order valence-corrected chi connectivity index (χ0v) is 17.4. The first kappa shape index (κ1) is 24.1. The fourth-order valence-corrected chi connectivity index (χ4v) is 4.49. The van der Waals surface area contributed by atoms with Gasteiger partial charge < -0.3 is 10.1 Å². The van der Waals surface area contributed by atoms with Gasteiger partial charge in [0.1, 0.15) is 6.54 Å². The van der Waals surface area contributed by atoms with Gasteiger partial charge in [-0.2, -0.15) is 17.5 Å². The summed E-state index contributed by atoms with van der Waals surface area (Å²) in [7, 11) is -3.53. The highest BCUT2D eigenvalue weighted by Crippen LogP contribution is 2.21. The fraction of sp³-hybridized carbons (Fsp3) is 0.579. The lowest BCUT2D eigenvalue weighted by Gasteiger charge is -2.25. The average molecular weight is 450 g/mol. The van der Waals surface area contributed by atoms with E-state index < -0.39 is 40.7 Å². The highest BCUT2D eigenvalue weighted by molar-refractivity contribution is 7.89. The Labute approximate surface area is 173 Å². The summed E-state index contributed by atoms with van der Waals surface area (Å²) < 4.78 is 67.8. The molecule has 11 heteroatoms. The summed E-state index contributed by atoms with van der Waals surface area (Å²) in [6.07, 6.45) is -3.07. The molecule has 1 heterocycles. The number of hydrogen-bond donors (Lipinski definition) is 1. The molecule has 1 aromatic carbocycles. The first-order valence-electron chi connectivity index (χ1n) is 9.62. The molecule has 0 bridgehead atoms. The molecule has 1 atom stereocenters. The Morgan fingerprint density at radius 3 is 2.30 bits per heavy atom. The van der Waals surface area contributed by atoms with E-state index in [2.05, 4.69) is 0 Å². The monoisotopic (exact) mass is 450 g/mol. The second kappa shape index (κ2) is 10.3. The number of ether oxygens (including phenoxy) is 1. The van der Waals surface area contributed by atoms with Crippen LogP contribution in [0.5, 0.6) is 0 Å². The first-order chi connectivity index (χ1) is 14.0. The predicted octanol–water partition coefficient (Wildman–Crippen LogP) is 2.40. The number of nitrogens with zero attached hydrogens (tertiary/aromatic N) is 1. The minimum Gasteiger partial charge on any atom is -0.453 e. The van der Waals surface area contributed by atoms with Gasteiger partial charge in [0.2, 0.25) is 10.0 Å². The molecular weight excluding hydrogens is 425 g/mol. The summed E-state index contributed by atoms with van der Waals surface area (Å²) >= 11 is 0. The number of carbonyl (C=O) groups excluding carboxylic acids is 2. The van der Waals surface area contributed by atoms with Crippen LogP contribution in [0.25, 0.3) is 0 Å². The molecule has 0 aliphatic carbocycles. The summed E-state index contributed by atoms with van der Waals surface area (Å²) in [6, 6.07) is 6.17. The SMILES string of the molecule is CC(OC(=O)CCc1ccc(S(=O)(=O)N2CCCCC2)cc1)C(=O)NCC(F)(F)F. The number of esters is 1. The standard InChI is InChI=1S/C19H25F3N2O5S/c1-14(18(26)23-13-19(20,21)22)29-17(25)10-7-15-5-8-16(9-6-15)30(27,28)24-11-3-2-4-12-24/h5-6,8-9,14H,2-4,7,10-13H2,1H3,(H,23,26). The minimum atomic E-state index is -4.55. The molecule has 30 heavy (non-hydrogen) atoms. The molecule has 0 saturated carbocycles. The van der Waals surface area contributed by atoms with Crippen molar-refractivity contribution in [3.05, 3.63) is 29.8 Å². The summed E-state index contributed by atoms with van der Waals surface area (Å²) in [6.45, 7) is 0.694. The van der Waals surface area contributed by atoms with Gasteiger partial charge in [0.05, 0.1) is 4.90 Å². The molecule has 2 rings (SSSR count). The summed E-state index contributed by atoms with van der Waals surface area (Å²) in [4.78, 5) is 23.5. The molecule has 0 spiro atoms. The van der Waals surface area contributed by atoms with Crippen LogP contribution >= 0.6 is 0 Å². The van der Waals surface area contributed by atoms with Crippen LogP contribution in [0.1, 0.15) is 38.2 Å². The largest absolute Gasteiger partial charge is 0.453 e. The van der Waals surface area contributed by atoms with Crippen molar-refractivity contribution in [2.24, 2.45) is 0 Å². The van der Waals surface area contributed by atoms with E-state index in [4.69, 9.17) is 4.74 Å². The van der Waals surface area contributed by atoms with E-state index in [0.29, 0.717) is 18.7 Å². The van der Waals surface area contributed by atoms with Crippen molar-refractivity contribution in [3.8, 4) is 0 Å². The van der Waals surface area contributed by atoms with Gasteiger partial charge in [0, 0.05) is 19.5 Å². The van der Waals surface area contributed by atoms with E-state index in [0.717, 1.165) is 19.3 Å². The van der Waals surface area contributed by atoms with Gasteiger partial charge in [-0.3, -0.25) is 9.59 Å². The number of aryl methyl sites for hydroxylation is 1. The number of amides is 1. The van der Waals surface area contributed by atoms with Gasteiger partial charge in [0.15, 0.2) is 6.10 Å². The Morgan fingerprint density at radius 1 is 1.13 bits per heavy atom. The van der Waals surface area contributed by atoms with Gasteiger partial charge in [-0.1, -0.05) is 18.6 Å². The van der Waals surface area contributed by atoms with Gasteiger partial charge >= 0.3 is 12.1 Å². The number of carbonyl (C=O) groups is 2. The molecule has 1 aliphatic heterocycles. The number of halogens is 3. The van der Waals surface area contributed by atoms with E-state index in [1.54, 1.807) is 17.4 Å². The van der Waals surface area contributed by atoms with Crippen molar-refractivity contribution < 1.29 is 35.9 Å². The fourth-order valence-electron chi connectivity index (χ4n) is 2.97. The zero-order valence-electron chi connectivity index (χ0n) is 16.6. The first-order valence-corrected chi connectivity index (χ1v) is 11.1. The highest BCUT2D eigenvalue weighted by atomic mass is 32.2. The molecule has 1 aromatic rings. The Kier molecular flexibility index (Phi) is 8.25. The Bertz CT molecular complexity index is 835. The minimum absolute atomic E-state index is 0.102. The third-order valence-electron chi connectivity index (χ3n) is 4.63. The number of rotatable bonds is 8. The van der Waals surface area contributed by atoms with Crippen LogP contribution in [-0.4, -0.2) is 56.5 Å². The number of alkyl halides is 3. The second-order valence-corrected chi connectivity index (χ2v) is 9.01. The Balaban J connectivity index is 1.83. The predicted molar refractivity (Wildman–Crippen MR) is 102 cm³/mol. The molecule has 0 aromatic heterocycles. The molecular formula is C19H25F3N2O5S. The van der Waals surface area contributed by atoms with Crippen molar-refractivity contribution in [2.75, 3.05) is 19.6 Å². The lowest BCUT2D eigenvalue weighted by Crippen LogP contribution is -2.40. The van der Waals surface area contributed by atoms with E-state index in [-0.39, 0.29) is 17.7 Å². The molecule has 1 unspecified atom stereocenters. The summed E-state index contributed by atoms with van der Waals surface area (Å²) in [5.41, 5.74) is 0.693. The average Bonchev–Trinajstić information content (AvgIpc) is 2.70. The van der Waals surface area contributed by atoms with Crippen LogP contribution in [0, 0.1) is 0 Å². The lowest BCUT2D eigenvalue weighted by molar-refractivity contribution is -0.157. The highest BCUT2D eigenvalue weighted by Gasteiger charge is 2.29. The van der Waals surface area contributed by atoms with Gasteiger partial charge in [-0.05, 0) is 43.9 Å². The van der Waals surface area contributed by atoms with Crippen LogP contribution in [0.3, 0.4) is 0 Å². The molecule has 7 nitrogen and oxygen atoms in total. The maximum Gasteiger partial charge on any atom is 0.405 e. The topological polar surface area (TPSA) is 92.8 Å². The molecule has 1 amide bonds. The van der Waals surface area contributed by atoms with Gasteiger partial charge in [0.25, 0.3) is 5.91 Å². The Morgan fingerprint density at radius 2 is 1.73 bits per heavy atom. The third-order valence-corrected chi connectivity index (χ3v) is 6.55. The van der Waals surface area contributed by atoms with E-state index in [1.807, 2.05) is 0 Å². The molecule has 1 aliphatic rings. The van der Waals surface area contributed by atoms with E-state index in [1.165, 1.54) is 23.4 Å². The van der Waals surface area contributed by atoms with Crippen molar-refractivity contribution in [1.82, 2.24) is 9.62 Å².